The van der Waals surface area contributed by atoms with Crippen LogP contribution in [-0.4, -0.2) is 16.2 Å². The molecule has 3 heteroatoms. The molecule has 0 bridgehead atoms. The van der Waals surface area contributed by atoms with E-state index in [1.165, 1.54) is 0 Å². The van der Waals surface area contributed by atoms with Crippen molar-refractivity contribution in [2.45, 2.75) is 32.5 Å². The van der Waals surface area contributed by atoms with Crippen molar-refractivity contribution in [1.82, 2.24) is 4.98 Å². The van der Waals surface area contributed by atoms with E-state index in [0.29, 0.717) is 6.42 Å². The van der Waals surface area contributed by atoms with Crippen LogP contribution < -0.4 is 4.74 Å². The maximum absolute atomic E-state index is 10.4. The zero-order chi connectivity index (χ0) is 13.7. The Morgan fingerprint density at radius 2 is 1.95 bits per heavy atom. The lowest BCUT2D eigenvalue weighted by molar-refractivity contribution is 0.166. The average Bonchev–Trinajstić information content (AvgIpc) is 2.39. The van der Waals surface area contributed by atoms with Gasteiger partial charge in [-0.15, -0.1) is 0 Å². The zero-order valence-corrected chi connectivity index (χ0v) is 11.3. The topological polar surface area (TPSA) is 42.4 Å². The highest BCUT2D eigenvalue weighted by atomic mass is 16.5. The van der Waals surface area contributed by atoms with Crippen LogP contribution >= 0.6 is 0 Å². The lowest BCUT2D eigenvalue weighted by atomic mass is 10.0. The number of aromatic nitrogens is 1. The fourth-order valence-corrected chi connectivity index (χ4v) is 1.97. The van der Waals surface area contributed by atoms with Crippen molar-refractivity contribution in [3.8, 4) is 5.75 Å². The van der Waals surface area contributed by atoms with Gasteiger partial charge in [0.15, 0.2) is 0 Å². The molecule has 3 nitrogen and oxygen atoms in total. The monoisotopic (exact) mass is 257 g/mol. The Kier molecular flexibility index (Phi) is 4.53. The van der Waals surface area contributed by atoms with Gasteiger partial charge in [-0.2, -0.15) is 0 Å². The minimum absolute atomic E-state index is 0.0896. The number of pyridine rings is 1. The predicted molar refractivity (Wildman–Crippen MR) is 75.1 cm³/mol. The minimum atomic E-state index is -0.584. The van der Waals surface area contributed by atoms with E-state index in [1.807, 2.05) is 50.2 Å². The lowest BCUT2D eigenvalue weighted by Gasteiger charge is -2.18. The molecule has 1 heterocycles. The second-order valence-corrected chi connectivity index (χ2v) is 4.79. The third kappa shape index (κ3) is 3.80. The van der Waals surface area contributed by atoms with Crippen molar-refractivity contribution in [1.29, 1.82) is 0 Å². The van der Waals surface area contributed by atoms with Gasteiger partial charge in [0, 0.05) is 24.4 Å². The molecule has 0 spiro atoms. The molecule has 19 heavy (non-hydrogen) atoms. The van der Waals surface area contributed by atoms with Gasteiger partial charge in [-0.05, 0) is 31.5 Å². The van der Waals surface area contributed by atoms with E-state index in [4.69, 9.17) is 4.74 Å². The summed E-state index contributed by atoms with van der Waals surface area (Å²) in [5.41, 5.74) is 1.83. The Morgan fingerprint density at radius 1 is 1.16 bits per heavy atom. The Labute approximate surface area is 113 Å². The summed E-state index contributed by atoms with van der Waals surface area (Å²) in [6.07, 6.45) is 3.54. The summed E-state index contributed by atoms with van der Waals surface area (Å²) in [5, 5.41) is 10.4. The number of ether oxygens (including phenoxy) is 1. The first-order valence-electron chi connectivity index (χ1n) is 6.49. The maximum Gasteiger partial charge on any atom is 0.125 e. The molecule has 1 atom stereocenters. The van der Waals surface area contributed by atoms with Crippen LogP contribution in [0.15, 0.2) is 48.8 Å². The molecule has 2 aromatic rings. The number of hydrogen-bond acceptors (Lipinski definition) is 3. The highest BCUT2D eigenvalue weighted by molar-refractivity contribution is 5.36. The molecular formula is C16H19NO2. The molecule has 100 valence electrons. The number of benzene rings is 1. The predicted octanol–water partition coefficient (Wildman–Crippen LogP) is 3.14. The largest absolute Gasteiger partial charge is 0.491 e. The number of nitrogens with zero attached hydrogens (tertiary/aromatic N) is 1. The molecule has 0 saturated carbocycles. The van der Waals surface area contributed by atoms with Crippen LogP contribution in [0.25, 0.3) is 0 Å². The third-order valence-electron chi connectivity index (χ3n) is 2.79. The molecule has 0 aliphatic rings. The van der Waals surface area contributed by atoms with E-state index in [1.54, 1.807) is 12.4 Å². The molecule has 2 rings (SSSR count). The Hall–Kier alpha value is -1.87. The summed E-state index contributed by atoms with van der Waals surface area (Å²) in [4.78, 5) is 4.06. The van der Waals surface area contributed by atoms with E-state index in [-0.39, 0.29) is 6.10 Å². The first-order valence-corrected chi connectivity index (χ1v) is 6.49. The van der Waals surface area contributed by atoms with Gasteiger partial charge >= 0.3 is 0 Å². The van der Waals surface area contributed by atoms with Crippen molar-refractivity contribution in [3.05, 3.63) is 59.9 Å². The van der Waals surface area contributed by atoms with Gasteiger partial charge in [0.1, 0.15) is 5.75 Å². The molecule has 1 unspecified atom stereocenters. The zero-order valence-electron chi connectivity index (χ0n) is 11.3. The second-order valence-electron chi connectivity index (χ2n) is 4.79. The highest BCUT2D eigenvalue weighted by Crippen LogP contribution is 2.28. The highest BCUT2D eigenvalue weighted by Gasteiger charge is 2.14. The van der Waals surface area contributed by atoms with Gasteiger partial charge in [-0.3, -0.25) is 4.98 Å². The summed E-state index contributed by atoms with van der Waals surface area (Å²) >= 11 is 0. The molecule has 0 saturated heterocycles. The summed E-state index contributed by atoms with van der Waals surface area (Å²) in [6.45, 7) is 3.95. The first-order chi connectivity index (χ1) is 9.16. The summed E-state index contributed by atoms with van der Waals surface area (Å²) in [6, 6.07) is 11.5. The molecule has 0 radical (unpaired) electrons. The van der Waals surface area contributed by atoms with Gasteiger partial charge in [-0.25, -0.2) is 0 Å². The van der Waals surface area contributed by atoms with Gasteiger partial charge in [0.25, 0.3) is 0 Å². The van der Waals surface area contributed by atoms with Crippen molar-refractivity contribution in [3.63, 3.8) is 0 Å². The number of hydrogen-bond donors (Lipinski definition) is 1. The Morgan fingerprint density at radius 3 is 2.63 bits per heavy atom. The van der Waals surface area contributed by atoms with E-state index in [0.717, 1.165) is 16.9 Å². The Balaban J connectivity index is 2.16. The van der Waals surface area contributed by atoms with Crippen molar-refractivity contribution < 1.29 is 9.84 Å². The van der Waals surface area contributed by atoms with Crippen LogP contribution in [0.4, 0.5) is 0 Å². The first kappa shape index (κ1) is 13.6. The summed E-state index contributed by atoms with van der Waals surface area (Å²) < 4.78 is 5.73. The molecule has 1 aromatic carbocycles. The van der Waals surface area contributed by atoms with Crippen LogP contribution in [0.2, 0.25) is 0 Å². The molecule has 0 aliphatic carbocycles. The van der Waals surface area contributed by atoms with E-state index < -0.39 is 6.10 Å². The van der Waals surface area contributed by atoms with Crippen molar-refractivity contribution in [2.75, 3.05) is 0 Å². The minimum Gasteiger partial charge on any atom is -0.491 e. The molecule has 0 fully saturated rings. The van der Waals surface area contributed by atoms with E-state index in [2.05, 4.69) is 4.98 Å². The maximum atomic E-state index is 10.4. The average molecular weight is 257 g/mol. The normalized spacial score (nSPS) is 12.4. The van der Waals surface area contributed by atoms with E-state index in [9.17, 15) is 5.11 Å². The summed E-state index contributed by atoms with van der Waals surface area (Å²) in [5.74, 6) is 0.744. The number of rotatable bonds is 5. The molecule has 0 aliphatic heterocycles. The third-order valence-corrected chi connectivity index (χ3v) is 2.79. The van der Waals surface area contributed by atoms with Gasteiger partial charge in [0.05, 0.1) is 12.2 Å². The van der Waals surface area contributed by atoms with Crippen LogP contribution in [-0.2, 0) is 6.42 Å². The molecule has 1 N–H and O–H groups in total. The van der Waals surface area contributed by atoms with Crippen molar-refractivity contribution >= 4 is 0 Å². The van der Waals surface area contributed by atoms with Crippen LogP contribution in [0, 0.1) is 0 Å². The number of aliphatic hydroxyl groups is 1. The van der Waals surface area contributed by atoms with Crippen LogP contribution in [0.3, 0.4) is 0 Å². The van der Waals surface area contributed by atoms with E-state index >= 15 is 0 Å². The van der Waals surface area contributed by atoms with Gasteiger partial charge in [0.2, 0.25) is 0 Å². The number of aliphatic hydroxyl groups excluding tert-OH is 1. The fraction of sp³-hybridized carbons (Fsp3) is 0.312. The lowest BCUT2D eigenvalue weighted by Crippen LogP contribution is -2.10. The Bertz CT molecular complexity index is 511. The fourth-order valence-electron chi connectivity index (χ4n) is 1.97. The van der Waals surface area contributed by atoms with Crippen molar-refractivity contribution in [2.24, 2.45) is 0 Å². The molecule has 1 aromatic heterocycles. The SMILES string of the molecule is CC(C)Oc1ccccc1C(O)Cc1cccnc1. The second kappa shape index (κ2) is 6.34. The van der Waals surface area contributed by atoms with Crippen LogP contribution in [0.5, 0.6) is 5.75 Å². The number of para-hydroxylation sites is 1. The molecular weight excluding hydrogens is 238 g/mol. The van der Waals surface area contributed by atoms with Crippen LogP contribution in [0.1, 0.15) is 31.1 Å². The smallest absolute Gasteiger partial charge is 0.125 e. The summed E-state index contributed by atoms with van der Waals surface area (Å²) in [7, 11) is 0. The standard InChI is InChI=1S/C16H19NO2/c1-12(2)19-16-8-4-3-7-14(16)15(18)10-13-6-5-9-17-11-13/h3-9,11-12,15,18H,10H2,1-2H3. The molecule has 0 amide bonds. The quantitative estimate of drug-likeness (QED) is 0.894. The van der Waals surface area contributed by atoms with Gasteiger partial charge < -0.3 is 9.84 Å². The van der Waals surface area contributed by atoms with Gasteiger partial charge in [-0.1, -0.05) is 24.3 Å².